The fourth-order valence-electron chi connectivity index (χ4n) is 2.28. The van der Waals surface area contributed by atoms with E-state index >= 15 is 0 Å². The van der Waals surface area contributed by atoms with Gasteiger partial charge in [-0.3, -0.25) is 0 Å². The maximum absolute atomic E-state index is 2.46. The van der Waals surface area contributed by atoms with E-state index in [0.29, 0.717) is 0 Å². The van der Waals surface area contributed by atoms with E-state index in [1.165, 1.54) is 12.1 Å². The van der Waals surface area contributed by atoms with Gasteiger partial charge in [0.05, 0.1) is 0 Å². The van der Waals surface area contributed by atoms with Gasteiger partial charge in [-0.1, -0.05) is 0 Å². The van der Waals surface area contributed by atoms with Crippen LogP contribution < -0.4 is 0 Å². The van der Waals surface area contributed by atoms with Crippen LogP contribution in [0.1, 0.15) is 33.1 Å². The van der Waals surface area contributed by atoms with Gasteiger partial charge in [-0.25, -0.2) is 0 Å². The molecule has 0 bridgehead atoms. The van der Waals surface area contributed by atoms with Crippen LogP contribution in [0.4, 0.5) is 0 Å². The molecule has 2 rings (SSSR count). The van der Waals surface area contributed by atoms with Crippen LogP contribution in [-0.2, 0) is 0 Å². The van der Waals surface area contributed by atoms with Crippen molar-refractivity contribution in [2.24, 2.45) is 0 Å². The predicted molar refractivity (Wildman–Crippen MR) is 53.5 cm³/mol. The summed E-state index contributed by atoms with van der Waals surface area (Å²) in [6.45, 7) is 4.24. The molecule has 0 spiro atoms. The molecule has 0 nitrogen and oxygen atoms in total. The predicted octanol–water partition coefficient (Wildman–Crippen LogP) is 3.32. The van der Waals surface area contributed by atoms with Crippen LogP contribution >= 0.6 is 17.8 Å². The van der Waals surface area contributed by atoms with Gasteiger partial charge >= 0.3 is 67.8 Å². The van der Waals surface area contributed by atoms with Crippen molar-refractivity contribution in [2.45, 2.75) is 43.8 Å². The van der Waals surface area contributed by atoms with Gasteiger partial charge in [-0.15, -0.1) is 0 Å². The van der Waals surface area contributed by atoms with Gasteiger partial charge in [-0.2, -0.15) is 0 Å². The van der Waals surface area contributed by atoms with Crippen LogP contribution in [-0.4, -0.2) is 16.8 Å². The molecule has 2 heteroatoms. The Morgan fingerprint density at radius 3 is 2.20 bits per heavy atom. The molecule has 10 heavy (non-hydrogen) atoms. The summed E-state index contributed by atoms with van der Waals surface area (Å²) in [4.78, 5) is 1.11. The molecule has 0 aromatic heterocycles. The molecule has 0 radical (unpaired) electrons. The molecule has 2 fully saturated rings. The van der Waals surface area contributed by atoms with Crippen molar-refractivity contribution in [3.63, 3.8) is 0 Å². The number of rotatable bonds is 2. The number of hydrogen-bond acceptors (Lipinski definition) is 1. The second-order valence-electron chi connectivity index (χ2n) is 3.70. The quantitative estimate of drug-likeness (QED) is 0.459. The monoisotopic (exact) mass is 176 g/mol. The molecule has 1 aliphatic carbocycles. The van der Waals surface area contributed by atoms with Gasteiger partial charge < -0.3 is 0 Å². The van der Waals surface area contributed by atoms with Gasteiger partial charge in [0.2, 0.25) is 0 Å². The normalized spacial score (nSPS) is 40.4. The first kappa shape index (κ1) is 7.43. The standard InChI is InChI=1S/C8H17PS/c1-3-9(7(2)10-9)8-5-4-6-8/h7-9H,3-6H2,1-2H3. The SMILES string of the molecule is CC[PH]1(C2CCC2)SC1C. The third-order valence-corrected chi connectivity index (χ3v) is 14.3. The van der Waals surface area contributed by atoms with Crippen LogP contribution in [0.5, 0.6) is 0 Å². The van der Waals surface area contributed by atoms with Crippen molar-refractivity contribution < 1.29 is 0 Å². The molecule has 1 unspecified atom stereocenters. The van der Waals surface area contributed by atoms with E-state index < -0.39 is 6.46 Å². The van der Waals surface area contributed by atoms with E-state index in [0.717, 1.165) is 4.99 Å². The first-order valence-electron chi connectivity index (χ1n) is 4.47. The summed E-state index contributed by atoms with van der Waals surface area (Å²) in [5.41, 5.74) is 1.23. The average Bonchev–Trinajstić information content (AvgIpc) is 2.39. The zero-order valence-corrected chi connectivity index (χ0v) is 8.71. The summed E-state index contributed by atoms with van der Waals surface area (Å²) in [7, 11) is 0. The second kappa shape index (κ2) is 2.38. The number of hydrogen-bond donors (Lipinski definition) is 0. The van der Waals surface area contributed by atoms with Crippen LogP contribution in [0.3, 0.4) is 0 Å². The van der Waals surface area contributed by atoms with Crippen molar-refractivity contribution in [3.05, 3.63) is 0 Å². The Bertz CT molecular complexity index is 140. The molecule has 1 saturated carbocycles. The first-order chi connectivity index (χ1) is 4.79. The molecule has 60 valence electrons. The van der Waals surface area contributed by atoms with E-state index in [9.17, 15) is 0 Å². The topological polar surface area (TPSA) is 0 Å². The molecule has 2 aliphatic rings. The van der Waals surface area contributed by atoms with Crippen LogP contribution in [0.15, 0.2) is 0 Å². The van der Waals surface area contributed by atoms with E-state index in [1.54, 1.807) is 19.0 Å². The Hall–Kier alpha value is 0.780. The Morgan fingerprint density at radius 1 is 1.50 bits per heavy atom. The van der Waals surface area contributed by atoms with Gasteiger partial charge in [0.1, 0.15) is 0 Å². The minimum atomic E-state index is -0.631. The van der Waals surface area contributed by atoms with E-state index in [1.807, 2.05) is 0 Å². The summed E-state index contributed by atoms with van der Waals surface area (Å²) in [5, 5.41) is 0. The summed E-state index contributed by atoms with van der Waals surface area (Å²) >= 11 is 2.36. The molecule has 1 saturated heterocycles. The Balaban J connectivity index is 1.99. The molecule has 0 aromatic carbocycles. The summed E-state index contributed by atoms with van der Waals surface area (Å²) in [6.07, 6.45) is 6.24. The fourth-order valence-corrected chi connectivity index (χ4v) is 12.4. The fraction of sp³-hybridized carbons (Fsp3) is 1.00. The zero-order valence-electron chi connectivity index (χ0n) is 6.89. The van der Waals surface area contributed by atoms with Crippen LogP contribution in [0, 0.1) is 0 Å². The maximum atomic E-state index is 2.46. The van der Waals surface area contributed by atoms with Crippen molar-refractivity contribution in [3.8, 4) is 0 Å². The third kappa shape index (κ3) is 0.865. The van der Waals surface area contributed by atoms with Gasteiger partial charge in [0.25, 0.3) is 0 Å². The van der Waals surface area contributed by atoms with Crippen LogP contribution in [0.25, 0.3) is 0 Å². The Morgan fingerprint density at radius 2 is 2.10 bits per heavy atom. The van der Waals surface area contributed by atoms with Crippen molar-refractivity contribution in [2.75, 3.05) is 6.16 Å². The summed E-state index contributed by atoms with van der Waals surface area (Å²) in [6, 6.07) is 0. The molecular formula is C8H17PS. The third-order valence-electron chi connectivity index (χ3n) is 3.38. The van der Waals surface area contributed by atoms with E-state index in [-0.39, 0.29) is 0 Å². The van der Waals surface area contributed by atoms with Gasteiger partial charge in [-0.05, 0) is 0 Å². The van der Waals surface area contributed by atoms with Crippen molar-refractivity contribution in [1.29, 1.82) is 0 Å². The van der Waals surface area contributed by atoms with Crippen molar-refractivity contribution >= 4 is 17.8 Å². The summed E-state index contributed by atoms with van der Waals surface area (Å²) < 4.78 is 0. The molecule has 0 N–H and O–H groups in total. The molecule has 1 aliphatic heterocycles. The molecular weight excluding hydrogens is 159 g/mol. The molecule has 0 amide bonds. The van der Waals surface area contributed by atoms with Gasteiger partial charge in [0.15, 0.2) is 0 Å². The molecule has 1 atom stereocenters. The van der Waals surface area contributed by atoms with Crippen molar-refractivity contribution in [1.82, 2.24) is 0 Å². The second-order valence-corrected chi connectivity index (χ2v) is 12.3. The van der Waals surface area contributed by atoms with E-state index in [4.69, 9.17) is 0 Å². The molecule has 1 heterocycles. The molecule has 0 aromatic rings. The summed E-state index contributed by atoms with van der Waals surface area (Å²) in [5.74, 6) is 0. The van der Waals surface area contributed by atoms with Gasteiger partial charge in [0, 0.05) is 0 Å². The Labute approximate surface area is 68.2 Å². The Kier molecular flexibility index (Phi) is 1.77. The minimum absolute atomic E-state index is 0.631. The van der Waals surface area contributed by atoms with Crippen LogP contribution in [0.2, 0.25) is 0 Å². The zero-order chi connectivity index (χ0) is 7.19. The van der Waals surface area contributed by atoms with E-state index in [2.05, 4.69) is 25.2 Å². The average molecular weight is 176 g/mol. The first-order valence-corrected chi connectivity index (χ1v) is 8.44.